The van der Waals surface area contributed by atoms with E-state index in [1.165, 1.54) is 7.11 Å². The van der Waals surface area contributed by atoms with E-state index in [-0.39, 0.29) is 20.7 Å². The number of hydrogen-bond acceptors (Lipinski definition) is 3. The first kappa shape index (κ1) is 12.1. The lowest BCUT2D eigenvalue weighted by Crippen LogP contribution is -2.07. The zero-order valence-corrected chi connectivity index (χ0v) is 9.66. The van der Waals surface area contributed by atoms with Crippen molar-refractivity contribution < 1.29 is 23.4 Å². The van der Waals surface area contributed by atoms with Gasteiger partial charge in [0.05, 0.1) is 12.7 Å². The molecular weight excluding hydrogens is 323 g/mol. The Labute approximate surface area is 97.4 Å². The van der Waals surface area contributed by atoms with Gasteiger partial charge < -0.3 is 9.84 Å². The first-order valence-electron chi connectivity index (χ1n) is 3.73. The number of methoxy groups -OCH3 is 1. The third-order valence-electron chi connectivity index (χ3n) is 1.63. The van der Waals surface area contributed by atoms with Gasteiger partial charge in [-0.3, -0.25) is 0 Å². The number of carboxylic acids is 1. The molecule has 0 amide bonds. The highest BCUT2D eigenvalue weighted by Gasteiger charge is 2.20. The van der Waals surface area contributed by atoms with Crippen molar-refractivity contribution in [2.75, 3.05) is 7.11 Å². The molecule has 0 aliphatic heterocycles. The summed E-state index contributed by atoms with van der Waals surface area (Å²) in [6, 6.07) is 0.989. The number of carbonyl (C=O) groups is 1. The summed E-state index contributed by atoms with van der Waals surface area (Å²) in [6.45, 7) is 0. The second kappa shape index (κ2) is 4.69. The quantitative estimate of drug-likeness (QED) is 0.683. The molecule has 0 radical (unpaired) electrons. The Bertz CT molecular complexity index is 398. The molecule has 1 rings (SSSR count). The van der Waals surface area contributed by atoms with Crippen molar-refractivity contribution in [2.45, 2.75) is 6.43 Å². The predicted molar refractivity (Wildman–Crippen MR) is 55.4 cm³/mol. The molecule has 0 spiro atoms. The van der Waals surface area contributed by atoms with E-state index in [0.717, 1.165) is 6.07 Å². The maximum atomic E-state index is 12.4. The van der Waals surface area contributed by atoms with Gasteiger partial charge in [0.25, 0.3) is 6.43 Å². The molecule has 0 atom stereocenters. The zero-order chi connectivity index (χ0) is 11.6. The van der Waals surface area contributed by atoms with Crippen LogP contribution in [-0.4, -0.2) is 23.2 Å². The van der Waals surface area contributed by atoms with Crippen molar-refractivity contribution in [3.05, 3.63) is 21.0 Å². The molecule has 4 nitrogen and oxygen atoms in total. The third-order valence-corrected chi connectivity index (χ3v) is 2.49. The van der Waals surface area contributed by atoms with Gasteiger partial charge in [-0.2, -0.15) is 0 Å². The topological polar surface area (TPSA) is 59.4 Å². The fourth-order valence-corrected chi connectivity index (χ4v) is 1.58. The number of pyridine rings is 1. The highest BCUT2D eigenvalue weighted by molar-refractivity contribution is 14.1. The van der Waals surface area contributed by atoms with Crippen LogP contribution in [0.25, 0.3) is 0 Å². The summed E-state index contributed by atoms with van der Waals surface area (Å²) in [5, 5.41) is 8.72. The van der Waals surface area contributed by atoms with Gasteiger partial charge in [-0.05, 0) is 28.7 Å². The Balaban J connectivity index is 3.35. The van der Waals surface area contributed by atoms with Crippen molar-refractivity contribution >= 4 is 28.6 Å². The summed E-state index contributed by atoms with van der Waals surface area (Å²) < 4.78 is 29.5. The number of halogens is 3. The fraction of sp³-hybridized carbons (Fsp3) is 0.250. The minimum atomic E-state index is -2.71. The Morgan fingerprint density at radius 2 is 2.27 bits per heavy atom. The van der Waals surface area contributed by atoms with Crippen LogP contribution in [0.2, 0.25) is 0 Å². The van der Waals surface area contributed by atoms with Crippen LogP contribution in [-0.2, 0) is 0 Å². The van der Waals surface area contributed by atoms with Gasteiger partial charge in [0, 0.05) is 0 Å². The maximum Gasteiger partial charge on any atom is 0.358 e. The fourth-order valence-electron chi connectivity index (χ4n) is 0.949. The average Bonchev–Trinajstić information content (AvgIpc) is 2.16. The van der Waals surface area contributed by atoms with E-state index in [9.17, 15) is 13.6 Å². The molecule has 0 bridgehead atoms. The number of hydrogen-bond donors (Lipinski definition) is 1. The zero-order valence-electron chi connectivity index (χ0n) is 7.50. The van der Waals surface area contributed by atoms with Gasteiger partial charge in [0.1, 0.15) is 3.70 Å². The van der Waals surface area contributed by atoms with Crippen LogP contribution in [0.4, 0.5) is 8.78 Å². The highest BCUT2D eigenvalue weighted by atomic mass is 127. The molecule has 1 N–H and O–H groups in total. The van der Waals surface area contributed by atoms with E-state index in [2.05, 4.69) is 9.72 Å². The third kappa shape index (κ3) is 2.52. The maximum absolute atomic E-state index is 12.4. The van der Waals surface area contributed by atoms with E-state index < -0.39 is 12.4 Å². The number of ether oxygens (including phenoxy) is 1. The van der Waals surface area contributed by atoms with E-state index in [4.69, 9.17) is 5.11 Å². The van der Waals surface area contributed by atoms with Crippen molar-refractivity contribution in [1.29, 1.82) is 0 Å². The van der Waals surface area contributed by atoms with Gasteiger partial charge in [-0.1, -0.05) is 0 Å². The molecule has 0 aliphatic rings. The Hall–Kier alpha value is -0.990. The van der Waals surface area contributed by atoms with Crippen LogP contribution in [0, 0.1) is 3.70 Å². The molecule has 7 heteroatoms. The first-order chi connectivity index (χ1) is 6.97. The van der Waals surface area contributed by atoms with Gasteiger partial charge >= 0.3 is 5.97 Å². The second-order valence-corrected chi connectivity index (χ2v) is 3.55. The van der Waals surface area contributed by atoms with E-state index >= 15 is 0 Å². The minimum Gasteiger partial charge on any atom is -0.494 e. The van der Waals surface area contributed by atoms with Gasteiger partial charge in [-0.15, -0.1) is 0 Å². The molecule has 0 unspecified atom stereocenters. The van der Waals surface area contributed by atoms with Crippen LogP contribution >= 0.6 is 22.6 Å². The molecule has 0 saturated heterocycles. The van der Waals surface area contributed by atoms with Gasteiger partial charge in [-0.25, -0.2) is 18.6 Å². The molecule has 1 heterocycles. The Morgan fingerprint density at radius 1 is 1.67 bits per heavy atom. The van der Waals surface area contributed by atoms with Crippen molar-refractivity contribution in [3.63, 3.8) is 0 Å². The summed E-state index contributed by atoms with van der Waals surface area (Å²) >= 11 is 1.56. The van der Waals surface area contributed by atoms with Crippen molar-refractivity contribution in [3.8, 4) is 5.75 Å². The molecular formula is C8H6F2INO3. The molecule has 1 aromatic rings. The first-order valence-corrected chi connectivity index (χ1v) is 4.81. The van der Waals surface area contributed by atoms with Crippen LogP contribution in [0.15, 0.2) is 6.07 Å². The Morgan fingerprint density at radius 3 is 2.67 bits per heavy atom. The lowest BCUT2D eigenvalue weighted by molar-refractivity contribution is 0.0685. The van der Waals surface area contributed by atoms with Crippen molar-refractivity contribution in [2.24, 2.45) is 0 Å². The normalized spacial score (nSPS) is 10.5. The lowest BCUT2D eigenvalue weighted by atomic mass is 10.2. The molecule has 0 aromatic carbocycles. The largest absolute Gasteiger partial charge is 0.494 e. The molecule has 0 saturated carbocycles. The van der Waals surface area contributed by atoms with E-state index in [1.807, 2.05) is 0 Å². The van der Waals surface area contributed by atoms with E-state index in [1.54, 1.807) is 22.6 Å². The lowest BCUT2D eigenvalue weighted by Gasteiger charge is -2.08. The minimum absolute atomic E-state index is 0.0409. The van der Waals surface area contributed by atoms with Gasteiger partial charge in [0.2, 0.25) is 0 Å². The molecule has 0 aliphatic carbocycles. The monoisotopic (exact) mass is 329 g/mol. The smallest absolute Gasteiger partial charge is 0.358 e. The Kier molecular flexibility index (Phi) is 3.77. The van der Waals surface area contributed by atoms with Gasteiger partial charge in [0.15, 0.2) is 11.4 Å². The second-order valence-electron chi connectivity index (χ2n) is 2.53. The summed E-state index contributed by atoms with van der Waals surface area (Å²) in [4.78, 5) is 14.2. The number of carboxylic acid groups (broad SMARTS) is 1. The van der Waals surface area contributed by atoms with Crippen LogP contribution < -0.4 is 4.74 Å². The predicted octanol–water partition coefficient (Wildman–Crippen LogP) is 2.33. The van der Waals surface area contributed by atoms with Crippen LogP contribution in [0.3, 0.4) is 0 Å². The molecule has 82 valence electrons. The molecule has 1 aromatic heterocycles. The van der Waals surface area contributed by atoms with Crippen LogP contribution in [0.5, 0.6) is 5.75 Å². The number of nitrogens with zero attached hydrogens (tertiary/aromatic N) is 1. The molecule has 0 fully saturated rings. The number of alkyl halides is 2. The highest BCUT2D eigenvalue weighted by Crippen LogP contribution is 2.28. The average molecular weight is 329 g/mol. The van der Waals surface area contributed by atoms with E-state index in [0.29, 0.717) is 0 Å². The summed E-state index contributed by atoms with van der Waals surface area (Å²) in [6.07, 6.45) is -2.71. The number of aromatic carboxylic acids is 1. The summed E-state index contributed by atoms with van der Waals surface area (Å²) in [7, 11) is 1.20. The molecule has 15 heavy (non-hydrogen) atoms. The van der Waals surface area contributed by atoms with Crippen LogP contribution in [0.1, 0.15) is 22.5 Å². The summed E-state index contributed by atoms with van der Waals surface area (Å²) in [5.41, 5.74) is -0.705. The number of rotatable bonds is 3. The standard InChI is InChI=1S/C8H6F2INO3/c1-15-4-2-3(6(9)10)7(11)12-5(4)8(13)14/h2,6H,1H3,(H,13,14). The summed E-state index contributed by atoms with van der Waals surface area (Å²) in [5.74, 6) is -1.48. The number of aromatic nitrogens is 1. The van der Waals surface area contributed by atoms with Crippen molar-refractivity contribution in [1.82, 2.24) is 4.98 Å². The SMILES string of the molecule is COc1cc(C(F)F)c(I)nc1C(=O)O.